The molecule has 31 heavy (non-hydrogen) atoms. The summed E-state index contributed by atoms with van der Waals surface area (Å²) in [6.07, 6.45) is -2.11. The number of rotatable bonds is 5. The Bertz CT molecular complexity index is 1010. The number of pyridine rings is 1. The first kappa shape index (κ1) is 22.4. The van der Waals surface area contributed by atoms with Crippen molar-refractivity contribution in [1.82, 2.24) is 4.98 Å². The molecule has 0 spiro atoms. The normalized spacial score (nSPS) is 23.5. The van der Waals surface area contributed by atoms with Crippen LogP contribution in [0.4, 0.5) is 17.6 Å². The van der Waals surface area contributed by atoms with Crippen LogP contribution in [0.2, 0.25) is 0 Å². The predicted molar refractivity (Wildman–Crippen MR) is 101 cm³/mol. The lowest BCUT2D eigenvalue weighted by Gasteiger charge is -2.17. The fraction of sp³-hybridized carbons (Fsp3) is 0.333. The fourth-order valence-electron chi connectivity index (χ4n) is 3.19. The largest absolute Gasteiger partial charge is 0.467 e. The number of ketones is 1. The van der Waals surface area contributed by atoms with E-state index in [4.69, 9.17) is 4.74 Å². The number of esters is 1. The zero-order valence-electron chi connectivity index (χ0n) is 16.5. The highest BCUT2D eigenvalue weighted by molar-refractivity contribution is 6.15. The molecule has 6 nitrogen and oxygen atoms in total. The Hall–Kier alpha value is -3.30. The first-order valence-corrected chi connectivity index (χ1v) is 9.27. The highest BCUT2D eigenvalue weighted by atomic mass is 19.4. The minimum Gasteiger partial charge on any atom is -0.467 e. The van der Waals surface area contributed by atoms with Gasteiger partial charge >= 0.3 is 18.0 Å². The summed E-state index contributed by atoms with van der Waals surface area (Å²) in [6.45, 7) is 1.60. The Morgan fingerprint density at radius 2 is 2.06 bits per heavy atom. The van der Waals surface area contributed by atoms with Gasteiger partial charge in [0.15, 0.2) is 6.04 Å². The number of hydrogen-bond donors (Lipinski definition) is 0. The van der Waals surface area contributed by atoms with Gasteiger partial charge in [-0.1, -0.05) is 25.1 Å². The number of halogens is 4. The van der Waals surface area contributed by atoms with Crippen LogP contribution in [0, 0.1) is 0 Å². The Kier molecular flexibility index (Phi) is 6.10. The molecule has 0 bridgehead atoms. The Morgan fingerprint density at radius 3 is 2.65 bits per heavy atom. The second-order valence-corrected chi connectivity index (χ2v) is 6.77. The van der Waals surface area contributed by atoms with Gasteiger partial charge in [-0.15, -0.1) is 0 Å². The van der Waals surface area contributed by atoms with E-state index >= 15 is 4.39 Å². The molecule has 1 saturated heterocycles. The molecule has 2 aromatic rings. The van der Waals surface area contributed by atoms with Gasteiger partial charge in [0.25, 0.3) is 0 Å². The van der Waals surface area contributed by atoms with Crippen LogP contribution in [0.15, 0.2) is 53.8 Å². The predicted octanol–water partition coefficient (Wildman–Crippen LogP) is 3.96. The van der Waals surface area contributed by atoms with Gasteiger partial charge in [0, 0.05) is 12.4 Å². The van der Waals surface area contributed by atoms with Crippen molar-refractivity contribution in [2.45, 2.75) is 37.3 Å². The van der Waals surface area contributed by atoms with Crippen LogP contribution in [-0.4, -0.2) is 35.8 Å². The molecule has 1 aliphatic heterocycles. The smallest absolute Gasteiger partial charge is 0.416 e. The summed E-state index contributed by atoms with van der Waals surface area (Å²) < 4.78 is 65.3. The Balaban J connectivity index is 2.15. The summed E-state index contributed by atoms with van der Waals surface area (Å²) >= 11 is 0. The number of ether oxygens (including phenoxy) is 2. The van der Waals surface area contributed by atoms with E-state index in [1.165, 1.54) is 24.4 Å². The van der Waals surface area contributed by atoms with Gasteiger partial charge in [0.2, 0.25) is 11.7 Å². The van der Waals surface area contributed by atoms with E-state index in [2.05, 4.69) is 14.7 Å². The average molecular weight is 438 g/mol. The maximum atomic E-state index is 15.8. The molecule has 1 aromatic carbocycles. The molecule has 0 amide bonds. The van der Waals surface area contributed by atoms with Crippen LogP contribution < -0.4 is 0 Å². The maximum Gasteiger partial charge on any atom is 0.416 e. The molecule has 1 aliphatic rings. The quantitative estimate of drug-likeness (QED) is 0.522. The van der Waals surface area contributed by atoms with Gasteiger partial charge in [-0.25, -0.2) is 9.79 Å². The fourth-order valence-corrected chi connectivity index (χ4v) is 3.19. The van der Waals surface area contributed by atoms with Crippen LogP contribution in [0.1, 0.15) is 36.0 Å². The van der Waals surface area contributed by atoms with E-state index in [1.807, 2.05) is 0 Å². The Morgan fingerprint density at radius 1 is 1.32 bits per heavy atom. The number of benzene rings is 1. The molecule has 0 aliphatic carbocycles. The van der Waals surface area contributed by atoms with Crippen molar-refractivity contribution in [2.75, 3.05) is 7.11 Å². The second-order valence-electron chi connectivity index (χ2n) is 6.77. The number of Topliss-reactive ketones (excluding diaryl/α,β-unsaturated/α-hetero) is 1. The molecule has 2 heterocycles. The third-order valence-corrected chi connectivity index (χ3v) is 4.79. The monoisotopic (exact) mass is 438 g/mol. The van der Waals surface area contributed by atoms with Crippen molar-refractivity contribution < 1.29 is 36.6 Å². The first-order valence-electron chi connectivity index (χ1n) is 9.27. The topological polar surface area (TPSA) is 77.9 Å². The van der Waals surface area contributed by atoms with Crippen LogP contribution >= 0.6 is 0 Å². The molecule has 0 radical (unpaired) electrons. The van der Waals surface area contributed by atoms with Crippen LogP contribution in [0.25, 0.3) is 0 Å². The number of nitrogens with zero attached hydrogens (tertiary/aromatic N) is 2. The SMILES string of the molecule is CCC(N=C1OC(F)(c2cccnc2)C(=O)C1c1cccc(C(F)(F)F)c1)C(=O)OC. The minimum atomic E-state index is -4.68. The van der Waals surface area contributed by atoms with E-state index in [0.29, 0.717) is 0 Å². The molecule has 0 N–H and O–H groups in total. The summed E-state index contributed by atoms with van der Waals surface area (Å²) in [5.74, 6) is -7.05. The summed E-state index contributed by atoms with van der Waals surface area (Å²) in [7, 11) is 1.13. The lowest BCUT2D eigenvalue weighted by Crippen LogP contribution is -2.29. The number of hydrogen-bond acceptors (Lipinski definition) is 6. The van der Waals surface area contributed by atoms with E-state index in [-0.39, 0.29) is 17.5 Å². The molecule has 1 fully saturated rings. The number of aliphatic imine (C=N–C) groups is 1. The van der Waals surface area contributed by atoms with Crippen molar-refractivity contribution >= 4 is 17.7 Å². The summed E-state index contributed by atoms with van der Waals surface area (Å²) in [5.41, 5.74) is -1.43. The minimum absolute atomic E-state index is 0.134. The van der Waals surface area contributed by atoms with Crippen molar-refractivity contribution in [3.63, 3.8) is 0 Å². The summed E-state index contributed by atoms with van der Waals surface area (Å²) in [4.78, 5) is 32.9. The van der Waals surface area contributed by atoms with Gasteiger partial charge in [-0.2, -0.15) is 17.6 Å². The summed E-state index contributed by atoms with van der Waals surface area (Å²) in [5, 5.41) is 0. The van der Waals surface area contributed by atoms with Gasteiger partial charge in [0.05, 0.1) is 18.2 Å². The van der Waals surface area contributed by atoms with Crippen molar-refractivity contribution in [2.24, 2.45) is 4.99 Å². The zero-order chi connectivity index (χ0) is 22.8. The number of methoxy groups -OCH3 is 1. The zero-order valence-corrected chi connectivity index (χ0v) is 16.5. The number of aromatic nitrogens is 1. The molecule has 0 saturated carbocycles. The Labute approximate surface area is 174 Å². The molecule has 3 unspecified atom stereocenters. The van der Waals surface area contributed by atoms with Gasteiger partial charge in [-0.05, 0) is 30.2 Å². The molecule has 164 valence electrons. The maximum absolute atomic E-state index is 15.8. The lowest BCUT2D eigenvalue weighted by molar-refractivity contribution is -0.148. The molecule has 3 rings (SSSR count). The van der Waals surface area contributed by atoms with Gasteiger partial charge < -0.3 is 9.47 Å². The van der Waals surface area contributed by atoms with Crippen LogP contribution in [0.3, 0.4) is 0 Å². The lowest BCUT2D eigenvalue weighted by atomic mass is 9.90. The van der Waals surface area contributed by atoms with Crippen molar-refractivity contribution in [1.29, 1.82) is 0 Å². The van der Waals surface area contributed by atoms with E-state index in [0.717, 1.165) is 31.5 Å². The standard InChI is InChI=1S/C21H18F4N2O4/c1-3-15(19(29)30-2)27-18-16(12-6-4-7-13(10-12)21(23,24)25)17(28)20(22,31-18)14-8-5-9-26-11-14/h4-11,15-16H,3H2,1-2H3. The average Bonchev–Trinajstić information content (AvgIpc) is 3.02. The van der Waals surface area contributed by atoms with E-state index in [1.54, 1.807) is 6.92 Å². The number of carbonyl (C=O) groups excluding carboxylic acids is 2. The third-order valence-electron chi connectivity index (χ3n) is 4.79. The first-order chi connectivity index (χ1) is 14.6. The number of alkyl halides is 4. The van der Waals surface area contributed by atoms with Gasteiger partial charge in [-0.3, -0.25) is 9.78 Å². The second kappa shape index (κ2) is 8.44. The van der Waals surface area contributed by atoms with Crippen molar-refractivity contribution in [3.05, 3.63) is 65.5 Å². The van der Waals surface area contributed by atoms with Gasteiger partial charge in [0.1, 0.15) is 5.92 Å². The van der Waals surface area contributed by atoms with Crippen molar-refractivity contribution in [3.8, 4) is 0 Å². The molecule has 10 heteroatoms. The molecule has 1 aromatic heterocycles. The molecular weight excluding hydrogens is 420 g/mol. The number of carbonyl (C=O) groups is 2. The van der Waals surface area contributed by atoms with E-state index < -0.39 is 47.2 Å². The van der Waals surface area contributed by atoms with E-state index in [9.17, 15) is 22.8 Å². The highest BCUT2D eigenvalue weighted by Crippen LogP contribution is 2.44. The third kappa shape index (κ3) is 4.28. The van der Waals surface area contributed by atoms with Crippen LogP contribution in [0.5, 0.6) is 0 Å². The highest BCUT2D eigenvalue weighted by Gasteiger charge is 2.57. The van der Waals surface area contributed by atoms with Crippen LogP contribution in [-0.2, 0) is 31.1 Å². The summed E-state index contributed by atoms with van der Waals surface area (Å²) in [6, 6.07) is 5.41. The molecular formula is C21H18F4N2O4. The molecule has 3 atom stereocenters.